The molecule has 0 bridgehead atoms. The lowest BCUT2D eigenvalue weighted by Gasteiger charge is -2.18. The highest BCUT2D eigenvalue weighted by molar-refractivity contribution is 6.74. The summed E-state index contributed by atoms with van der Waals surface area (Å²) in [6.45, 7) is -3.48. The topological polar surface area (TPSA) is 44.2 Å². The van der Waals surface area contributed by atoms with Crippen LogP contribution in [0.3, 0.4) is 0 Å². The minimum atomic E-state index is -5.00. The number of halogens is 3. The molecule has 0 aliphatic carbocycles. The molecular formula is C13H13BF3N2O2-. The minimum Gasteiger partial charge on any atom is -0.487 e. The van der Waals surface area contributed by atoms with E-state index >= 15 is 0 Å². The molecule has 21 heavy (non-hydrogen) atoms. The predicted molar refractivity (Wildman–Crippen MR) is 72.8 cm³/mol. The van der Waals surface area contributed by atoms with Crippen LogP contribution in [-0.4, -0.2) is 24.3 Å². The first-order valence-electron chi connectivity index (χ1n) is 6.20. The number of aromatic nitrogens is 2. The van der Waals surface area contributed by atoms with Gasteiger partial charge >= 0.3 is 6.98 Å². The van der Waals surface area contributed by atoms with Crippen LogP contribution in [0.25, 0.3) is 0 Å². The van der Waals surface area contributed by atoms with Gasteiger partial charge in [0.15, 0.2) is 0 Å². The third kappa shape index (κ3) is 3.87. The summed E-state index contributed by atoms with van der Waals surface area (Å²) in [7, 11) is 1.48. The van der Waals surface area contributed by atoms with Crippen molar-refractivity contribution in [3.05, 3.63) is 41.6 Å². The molecule has 0 aliphatic rings. The highest BCUT2D eigenvalue weighted by atomic mass is 19.4. The Labute approximate surface area is 120 Å². The maximum Gasteiger partial charge on any atom is 0.509 e. The SMILES string of the molecule is COc1ccc(COc2ccc([B-](F)(F)F)c(C)c2)nn1. The Balaban J connectivity index is 2.05. The number of nitrogens with zero attached hydrogens (tertiary/aromatic N) is 2. The van der Waals surface area contributed by atoms with E-state index in [9.17, 15) is 12.9 Å². The molecule has 0 amide bonds. The third-order valence-electron chi connectivity index (χ3n) is 2.89. The summed E-state index contributed by atoms with van der Waals surface area (Å²) in [5, 5.41) is 7.64. The smallest absolute Gasteiger partial charge is 0.487 e. The van der Waals surface area contributed by atoms with E-state index in [1.807, 2.05) is 0 Å². The lowest BCUT2D eigenvalue weighted by molar-refractivity contribution is 0.298. The highest BCUT2D eigenvalue weighted by Gasteiger charge is 2.27. The molecule has 0 saturated carbocycles. The van der Waals surface area contributed by atoms with E-state index in [-0.39, 0.29) is 12.2 Å². The Kier molecular flexibility index (Phi) is 4.35. The molecule has 1 aromatic heterocycles. The van der Waals surface area contributed by atoms with Crippen LogP contribution in [0, 0.1) is 6.92 Å². The highest BCUT2D eigenvalue weighted by Crippen LogP contribution is 2.18. The van der Waals surface area contributed by atoms with E-state index in [1.165, 1.54) is 26.2 Å². The van der Waals surface area contributed by atoms with Crippen LogP contribution in [0.4, 0.5) is 12.9 Å². The van der Waals surface area contributed by atoms with Gasteiger partial charge in [0.05, 0.1) is 7.11 Å². The standard InChI is InChI=1S/C13H13BF3N2O2/c1-9-7-11(4-5-12(9)14(15,16)17)21-8-10-3-6-13(20-2)19-18-10/h3-7H,8H2,1-2H3/q-1. The summed E-state index contributed by atoms with van der Waals surface area (Å²) in [5.41, 5.74) is 0.0879. The molecule has 0 spiro atoms. The largest absolute Gasteiger partial charge is 0.509 e. The predicted octanol–water partition coefficient (Wildman–Crippen LogP) is 2.43. The zero-order valence-electron chi connectivity index (χ0n) is 11.5. The maximum absolute atomic E-state index is 12.7. The van der Waals surface area contributed by atoms with Crippen molar-refractivity contribution in [1.82, 2.24) is 10.2 Å². The van der Waals surface area contributed by atoms with Gasteiger partial charge in [-0.15, -0.1) is 15.7 Å². The van der Waals surface area contributed by atoms with Crippen LogP contribution >= 0.6 is 0 Å². The van der Waals surface area contributed by atoms with Gasteiger partial charge in [0.1, 0.15) is 18.1 Å². The van der Waals surface area contributed by atoms with Crippen molar-refractivity contribution < 1.29 is 22.4 Å². The van der Waals surface area contributed by atoms with E-state index < -0.39 is 12.4 Å². The normalized spacial score (nSPS) is 11.3. The molecule has 1 aromatic carbocycles. The van der Waals surface area contributed by atoms with Crippen LogP contribution in [0.5, 0.6) is 11.6 Å². The summed E-state index contributed by atoms with van der Waals surface area (Å²) < 4.78 is 48.4. The molecule has 0 fully saturated rings. The lowest BCUT2D eigenvalue weighted by atomic mass is 9.77. The summed E-state index contributed by atoms with van der Waals surface area (Å²) in [4.78, 5) is 0. The van der Waals surface area contributed by atoms with Crippen molar-refractivity contribution >= 4 is 12.4 Å². The zero-order valence-corrected chi connectivity index (χ0v) is 11.5. The summed E-state index contributed by atoms with van der Waals surface area (Å²) in [6, 6.07) is 7.00. The first kappa shape index (κ1) is 15.1. The van der Waals surface area contributed by atoms with Gasteiger partial charge in [-0.2, -0.15) is 0 Å². The minimum absolute atomic E-state index is 0.118. The first-order chi connectivity index (χ1) is 9.90. The lowest BCUT2D eigenvalue weighted by Crippen LogP contribution is -2.35. The molecule has 8 heteroatoms. The Morgan fingerprint density at radius 2 is 1.86 bits per heavy atom. The molecule has 1 heterocycles. The first-order valence-corrected chi connectivity index (χ1v) is 6.20. The van der Waals surface area contributed by atoms with E-state index in [0.717, 1.165) is 6.07 Å². The number of rotatable bonds is 5. The van der Waals surface area contributed by atoms with Gasteiger partial charge in [0.2, 0.25) is 5.88 Å². The second-order valence-corrected chi connectivity index (χ2v) is 4.45. The van der Waals surface area contributed by atoms with E-state index in [0.29, 0.717) is 17.3 Å². The van der Waals surface area contributed by atoms with Crippen LogP contribution < -0.4 is 14.9 Å². The number of benzene rings is 1. The van der Waals surface area contributed by atoms with Gasteiger partial charge in [0.25, 0.3) is 0 Å². The van der Waals surface area contributed by atoms with Crippen molar-refractivity contribution in [2.24, 2.45) is 0 Å². The molecular weight excluding hydrogens is 284 g/mol. The van der Waals surface area contributed by atoms with Gasteiger partial charge in [-0.3, -0.25) is 0 Å². The fourth-order valence-corrected chi connectivity index (χ4v) is 1.80. The summed E-state index contributed by atoms with van der Waals surface area (Å²) >= 11 is 0. The van der Waals surface area contributed by atoms with Gasteiger partial charge < -0.3 is 22.4 Å². The van der Waals surface area contributed by atoms with Gasteiger partial charge in [-0.1, -0.05) is 11.6 Å². The van der Waals surface area contributed by atoms with Gasteiger partial charge in [0, 0.05) is 6.07 Å². The van der Waals surface area contributed by atoms with Crippen LogP contribution in [0.1, 0.15) is 11.3 Å². The van der Waals surface area contributed by atoms with Crippen molar-refractivity contribution in [2.45, 2.75) is 13.5 Å². The Morgan fingerprint density at radius 1 is 1.10 bits per heavy atom. The number of methoxy groups -OCH3 is 1. The van der Waals surface area contributed by atoms with Gasteiger partial charge in [-0.05, 0) is 25.1 Å². The fraction of sp³-hybridized carbons (Fsp3) is 0.231. The monoisotopic (exact) mass is 297 g/mol. The molecule has 0 radical (unpaired) electrons. The zero-order chi connectivity index (χ0) is 15.5. The van der Waals surface area contributed by atoms with E-state index in [2.05, 4.69) is 10.2 Å². The Bertz CT molecular complexity index is 618. The second kappa shape index (κ2) is 6.03. The number of hydrogen-bond acceptors (Lipinski definition) is 4. The molecule has 112 valence electrons. The van der Waals surface area contributed by atoms with Crippen molar-refractivity contribution in [3.63, 3.8) is 0 Å². The van der Waals surface area contributed by atoms with Crippen molar-refractivity contribution in [1.29, 1.82) is 0 Å². The number of ether oxygens (including phenoxy) is 2. The molecule has 2 aromatic rings. The van der Waals surface area contributed by atoms with Crippen LogP contribution in [0.15, 0.2) is 30.3 Å². The quantitative estimate of drug-likeness (QED) is 0.795. The van der Waals surface area contributed by atoms with Crippen molar-refractivity contribution in [3.8, 4) is 11.6 Å². The van der Waals surface area contributed by atoms with E-state index in [1.54, 1.807) is 12.1 Å². The van der Waals surface area contributed by atoms with Gasteiger partial charge in [-0.25, -0.2) is 0 Å². The molecule has 0 saturated heterocycles. The molecule has 2 rings (SSSR count). The third-order valence-corrected chi connectivity index (χ3v) is 2.89. The maximum atomic E-state index is 12.7. The summed E-state index contributed by atoms with van der Waals surface area (Å²) in [5.74, 6) is 0.736. The van der Waals surface area contributed by atoms with E-state index in [4.69, 9.17) is 9.47 Å². The Morgan fingerprint density at radius 3 is 2.38 bits per heavy atom. The number of aryl methyl sites for hydroxylation is 1. The molecule has 0 N–H and O–H groups in total. The van der Waals surface area contributed by atoms with Crippen LogP contribution in [0.2, 0.25) is 0 Å². The summed E-state index contributed by atoms with van der Waals surface area (Å²) in [6.07, 6.45) is 0. The molecule has 0 unspecified atom stereocenters. The van der Waals surface area contributed by atoms with Crippen molar-refractivity contribution in [2.75, 3.05) is 7.11 Å². The van der Waals surface area contributed by atoms with Crippen LogP contribution in [-0.2, 0) is 6.61 Å². The molecule has 4 nitrogen and oxygen atoms in total. The average Bonchev–Trinajstić information content (AvgIpc) is 2.44. The number of hydrogen-bond donors (Lipinski definition) is 0. The Hall–Kier alpha value is -2.25. The average molecular weight is 297 g/mol. The molecule has 0 aliphatic heterocycles. The second-order valence-electron chi connectivity index (χ2n) is 4.45. The molecule has 0 atom stereocenters. The fourth-order valence-electron chi connectivity index (χ4n) is 1.80.